The van der Waals surface area contributed by atoms with Gasteiger partial charge in [-0.1, -0.05) is 30.3 Å². The minimum Gasteiger partial charge on any atom is -0.493 e. The molecule has 5 nitrogen and oxygen atoms in total. The Kier molecular flexibility index (Phi) is 6.77. The number of methoxy groups -OCH3 is 1. The lowest BCUT2D eigenvalue weighted by molar-refractivity contribution is -0.0512. The first-order valence-corrected chi connectivity index (χ1v) is 10.7. The van der Waals surface area contributed by atoms with E-state index in [1.165, 1.54) is 24.3 Å². The van der Waals surface area contributed by atoms with Crippen LogP contribution < -0.4 is 14.4 Å². The van der Waals surface area contributed by atoms with Crippen LogP contribution >= 0.6 is 0 Å². The van der Waals surface area contributed by atoms with Crippen LogP contribution in [0.1, 0.15) is 27.0 Å². The number of fused-ring (bicyclic) bond motifs is 1. The maximum atomic E-state index is 12.9. The van der Waals surface area contributed by atoms with Crippen LogP contribution in [-0.2, 0) is 19.5 Å². The Morgan fingerprint density at radius 1 is 1.03 bits per heavy atom. The van der Waals surface area contributed by atoms with Gasteiger partial charge in [0.25, 0.3) is 5.91 Å². The third kappa shape index (κ3) is 5.25. The first kappa shape index (κ1) is 22.6. The van der Waals surface area contributed by atoms with Crippen LogP contribution in [0, 0.1) is 0 Å². The van der Waals surface area contributed by atoms with E-state index < -0.39 is 6.61 Å². The van der Waals surface area contributed by atoms with Gasteiger partial charge in [-0.05, 0) is 59.5 Å². The van der Waals surface area contributed by atoms with Crippen LogP contribution in [0.25, 0.3) is 0 Å². The molecule has 4 rings (SSSR count). The lowest BCUT2D eigenvalue weighted by Crippen LogP contribution is -2.30. The van der Waals surface area contributed by atoms with Gasteiger partial charge in [-0.15, -0.1) is 0 Å². The summed E-state index contributed by atoms with van der Waals surface area (Å²) in [5, 5.41) is 0. The quantitative estimate of drug-likeness (QED) is 0.498. The second kappa shape index (κ2) is 9.90. The highest BCUT2D eigenvalue weighted by atomic mass is 19.3. The number of carbonyl (C=O) groups excluding carboxylic acids is 1. The van der Waals surface area contributed by atoms with Gasteiger partial charge < -0.3 is 19.3 Å². The molecule has 3 aromatic carbocycles. The van der Waals surface area contributed by atoms with Crippen LogP contribution in [0.3, 0.4) is 0 Å². The zero-order chi connectivity index (χ0) is 23.4. The van der Waals surface area contributed by atoms with Crippen molar-refractivity contribution in [3.63, 3.8) is 0 Å². The molecule has 0 N–H and O–H groups in total. The largest absolute Gasteiger partial charge is 0.493 e. The first-order valence-electron chi connectivity index (χ1n) is 10.7. The third-order valence-electron chi connectivity index (χ3n) is 5.82. The number of anilines is 1. The van der Waals surface area contributed by atoms with Crippen LogP contribution in [0.15, 0.2) is 66.7 Å². The van der Waals surface area contributed by atoms with Crippen molar-refractivity contribution in [3.05, 3.63) is 89.0 Å². The van der Waals surface area contributed by atoms with Crippen LogP contribution in [-0.4, -0.2) is 38.1 Å². The predicted octanol–water partition coefficient (Wildman–Crippen LogP) is 5.13. The van der Waals surface area contributed by atoms with E-state index in [1.54, 1.807) is 24.1 Å². The molecule has 1 heterocycles. The molecule has 33 heavy (non-hydrogen) atoms. The number of rotatable bonds is 7. The summed E-state index contributed by atoms with van der Waals surface area (Å²) in [6.45, 7) is -0.929. The molecule has 0 unspecified atom stereocenters. The van der Waals surface area contributed by atoms with Gasteiger partial charge in [-0.2, -0.15) is 8.78 Å². The van der Waals surface area contributed by atoms with Gasteiger partial charge in [-0.25, -0.2) is 0 Å². The molecule has 0 bridgehead atoms. The Balaban J connectivity index is 1.42. The van der Waals surface area contributed by atoms with Crippen LogP contribution in [0.2, 0.25) is 0 Å². The molecule has 0 saturated carbocycles. The van der Waals surface area contributed by atoms with E-state index >= 15 is 0 Å². The molecule has 172 valence electrons. The molecule has 0 fully saturated rings. The van der Waals surface area contributed by atoms with Crippen molar-refractivity contribution in [2.75, 3.05) is 25.6 Å². The number of hydrogen-bond donors (Lipinski definition) is 0. The van der Waals surface area contributed by atoms with E-state index in [4.69, 9.17) is 4.74 Å². The first-order chi connectivity index (χ1) is 15.9. The minimum atomic E-state index is -2.96. The average Bonchev–Trinajstić information content (AvgIpc) is 2.83. The van der Waals surface area contributed by atoms with E-state index in [1.807, 2.05) is 24.3 Å². The molecule has 7 heteroatoms. The van der Waals surface area contributed by atoms with E-state index in [0.29, 0.717) is 11.1 Å². The summed E-state index contributed by atoms with van der Waals surface area (Å²) in [7, 11) is 3.06. The molecule has 0 aromatic heterocycles. The summed E-state index contributed by atoms with van der Waals surface area (Å²) in [4.78, 5) is 16.8. The van der Waals surface area contributed by atoms with Crippen molar-refractivity contribution < 1.29 is 23.0 Å². The number of alkyl halides is 2. The highest BCUT2D eigenvalue weighted by Crippen LogP contribution is 2.30. The van der Waals surface area contributed by atoms with E-state index in [0.717, 1.165) is 25.2 Å². The number of ether oxygens (including phenoxy) is 2. The number of benzene rings is 3. The molecule has 0 radical (unpaired) electrons. The second-order valence-electron chi connectivity index (χ2n) is 8.01. The summed E-state index contributed by atoms with van der Waals surface area (Å²) >= 11 is 0. The lowest BCUT2D eigenvalue weighted by Gasteiger charge is -2.31. The molecular formula is C26H26F2N2O3. The normalized spacial score (nSPS) is 12.9. The van der Waals surface area contributed by atoms with Gasteiger partial charge in [0, 0.05) is 37.9 Å². The van der Waals surface area contributed by atoms with Crippen LogP contribution in [0.4, 0.5) is 14.5 Å². The van der Waals surface area contributed by atoms with Crippen molar-refractivity contribution >= 4 is 11.6 Å². The van der Waals surface area contributed by atoms with E-state index in [9.17, 15) is 13.6 Å². The Bertz CT molecular complexity index is 1120. The third-order valence-corrected chi connectivity index (χ3v) is 5.82. The maximum Gasteiger partial charge on any atom is 0.387 e. The van der Waals surface area contributed by atoms with Gasteiger partial charge >= 0.3 is 6.61 Å². The summed E-state index contributed by atoms with van der Waals surface area (Å²) in [6.07, 6.45) is 0.999. The van der Waals surface area contributed by atoms with Crippen molar-refractivity contribution in [2.45, 2.75) is 26.1 Å². The number of amides is 1. The Morgan fingerprint density at radius 3 is 2.45 bits per heavy atom. The molecule has 0 aliphatic carbocycles. The monoisotopic (exact) mass is 452 g/mol. The van der Waals surface area contributed by atoms with E-state index in [-0.39, 0.29) is 24.0 Å². The molecule has 1 amide bonds. The fourth-order valence-electron chi connectivity index (χ4n) is 4.10. The van der Waals surface area contributed by atoms with E-state index in [2.05, 4.69) is 33.9 Å². The van der Waals surface area contributed by atoms with Crippen molar-refractivity contribution in [2.24, 2.45) is 0 Å². The second-order valence-corrected chi connectivity index (χ2v) is 8.01. The molecule has 1 aliphatic rings. The molecule has 0 spiro atoms. The number of carbonyl (C=O) groups is 1. The number of nitrogens with zero attached hydrogens (tertiary/aromatic N) is 2. The number of hydrogen-bond acceptors (Lipinski definition) is 4. The summed E-state index contributed by atoms with van der Waals surface area (Å²) in [5.74, 6) is -0.0000488. The maximum absolute atomic E-state index is 12.9. The Morgan fingerprint density at radius 2 is 1.76 bits per heavy atom. The van der Waals surface area contributed by atoms with Crippen molar-refractivity contribution in [1.82, 2.24) is 4.90 Å². The molecule has 0 atom stereocenters. The fraction of sp³-hybridized carbons (Fsp3) is 0.269. The van der Waals surface area contributed by atoms with Crippen LogP contribution in [0.5, 0.6) is 11.5 Å². The average molecular weight is 453 g/mol. The highest BCUT2D eigenvalue weighted by Gasteiger charge is 2.18. The number of halogens is 2. The van der Waals surface area contributed by atoms with Gasteiger partial charge in [-0.3, -0.25) is 4.79 Å². The summed E-state index contributed by atoms with van der Waals surface area (Å²) in [6, 6.07) is 20.8. The van der Waals surface area contributed by atoms with Gasteiger partial charge in [0.15, 0.2) is 11.5 Å². The fourth-order valence-corrected chi connectivity index (χ4v) is 4.10. The van der Waals surface area contributed by atoms with Crippen molar-refractivity contribution in [3.8, 4) is 11.5 Å². The van der Waals surface area contributed by atoms with Gasteiger partial charge in [0.05, 0.1) is 7.11 Å². The zero-order valence-corrected chi connectivity index (χ0v) is 18.6. The molecule has 1 aliphatic heterocycles. The topological polar surface area (TPSA) is 42.0 Å². The Hall–Kier alpha value is -3.61. The van der Waals surface area contributed by atoms with Gasteiger partial charge in [0.1, 0.15) is 0 Å². The standard InChI is InChI=1S/C26H26F2N2O3/c1-29(16-18-7-12-23(32-2)24(15-18)33-26(27)28)25(31)20-8-10-22(11-9-20)30-14-13-19-5-3-4-6-21(19)17-30/h3-12,15,26H,13-14,16-17H2,1-2H3. The summed E-state index contributed by atoms with van der Waals surface area (Å²) < 4.78 is 34.9. The molecule has 0 saturated heterocycles. The molecular weight excluding hydrogens is 426 g/mol. The minimum absolute atomic E-state index is 0.0571. The van der Waals surface area contributed by atoms with Crippen molar-refractivity contribution in [1.29, 1.82) is 0 Å². The predicted molar refractivity (Wildman–Crippen MR) is 123 cm³/mol. The molecule has 3 aromatic rings. The summed E-state index contributed by atoms with van der Waals surface area (Å²) in [5.41, 5.74) is 5.02. The van der Waals surface area contributed by atoms with Gasteiger partial charge in [0.2, 0.25) is 0 Å². The SMILES string of the molecule is COc1ccc(CN(C)C(=O)c2ccc(N3CCc4ccccc4C3)cc2)cc1OC(F)F. The lowest BCUT2D eigenvalue weighted by atomic mass is 9.99. The zero-order valence-electron chi connectivity index (χ0n) is 18.6. The Labute approximate surface area is 192 Å². The highest BCUT2D eigenvalue weighted by molar-refractivity contribution is 5.94. The smallest absolute Gasteiger partial charge is 0.387 e.